The SMILES string of the molecule is Cc1cc2c(-c3ccc4ccccc4n3)c3ccccc3c(-c3cc4ccccc4cc3-c3ccccc3)c2cc1C. The van der Waals surface area contributed by atoms with Crippen molar-refractivity contribution in [1.82, 2.24) is 4.98 Å². The Bertz CT molecular complexity index is 2310. The average Bonchev–Trinajstić information content (AvgIpc) is 3.04. The molecule has 0 radical (unpaired) electrons. The van der Waals surface area contributed by atoms with E-state index < -0.39 is 0 Å². The highest BCUT2D eigenvalue weighted by Gasteiger charge is 2.21. The number of benzene rings is 7. The normalized spacial score (nSPS) is 11.6. The highest BCUT2D eigenvalue weighted by Crippen LogP contribution is 2.47. The molecule has 7 aromatic carbocycles. The molecule has 1 heterocycles. The van der Waals surface area contributed by atoms with Crippen LogP contribution >= 0.6 is 0 Å². The number of pyridine rings is 1. The fourth-order valence-corrected chi connectivity index (χ4v) is 6.51. The molecule has 0 bridgehead atoms. The molecule has 198 valence electrons. The minimum absolute atomic E-state index is 1.01. The molecule has 0 saturated carbocycles. The number of nitrogens with zero attached hydrogens (tertiary/aromatic N) is 1. The van der Waals surface area contributed by atoms with Crippen LogP contribution in [0.25, 0.3) is 76.7 Å². The Hall–Kier alpha value is -5.27. The van der Waals surface area contributed by atoms with Gasteiger partial charge >= 0.3 is 0 Å². The van der Waals surface area contributed by atoms with Crippen LogP contribution < -0.4 is 0 Å². The Morgan fingerprint density at radius 3 is 1.67 bits per heavy atom. The van der Waals surface area contributed by atoms with Crippen molar-refractivity contribution in [2.45, 2.75) is 13.8 Å². The molecule has 0 saturated heterocycles. The summed E-state index contributed by atoms with van der Waals surface area (Å²) >= 11 is 0. The van der Waals surface area contributed by atoms with Crippen LogP contribution in [0.15, 0.2) is 140 Å². The maximum atomic E-state index is 5.21. The maximum absolute atomic E-state index is 5.21. The van der Waals surface area contributed by atoms with Crippen molar-refractivity contribution in [2.75, 3.05) is 0 Å². The Balaban J connectivity index is 1.56. The van der Waals surface area contributed by atoms with E-state index in [-0.39, 0.29) is 0 Å². The van der Waals surface area contributed by atoms with E-state index in [9.17, 15) is 0 Å². The minimum atomic E-state index is 1.01. The predicted molar refractivity (Wildman–Crippen MR) is 180 cm³/mol. The van der Waals surface area contributed by atoms with Crippen LogP contribution in [-0.4, -0.2) is 4.98 Å². The van der Waals surface area contributed by atoms with Gasteiger partial charge in [0.2, 0.25) is 0 Å². The van der Waals surface area contributed by atoms with E-state index >= 15 is 0 Å². The number of fused-ring (bicyclic) bond motifs is 4. The molecule has 8 rings (SSSR count). The molecule has 0 aliphatic heterocycles. The number of hydrogen-bond acceptors (Lipinski definition) is 1. The Labute approximate surface area is 245 Å². The number of aromatic nitrogens is 1. The molecular formula is C41H29N. The Morgan fingerprint density at radius 1 is 0.405 bits per heavy atom. The molecule has 0 unspecified atom stereocenters. The van der Waals surface area contributed by atoms with Gasteiger partial charge in [0.1, 0.15) is 0 Å². The molecule has 0 spiro atoms. The first-order valence-electron chi connectivity index (χ1n) is 14.6. The van der Waals surface area contributed by atoms with Crippen LogP contribution in [0.1, 0.15) is 11.1 Å². The van der Waals surface area contributed by atoms with Crippen molar-refractivity contribution in [2.24, 2.45) is 0 Å². The third-order valence-corrected chi connectivity index (χ3v) is 8.73. The van der Waals surface area contributed by atoms with E-state index in [1.807, 2.05) is 0 Å². The van der Waals surface area contributed by atoms with Crippen LogP contribution in [0.4, 0.5) is 0 Å². The van der Waals surface area contributed by atoms with Crippen molar-refractivity contribution in [3.05, 3.63) is 151 Å². The topological polar surface area (TPSA) is 12.9 Å². The van der Waals surface area contributed by atoms with Crippen LogP contribution in [0, 0.1) is 13.8 Å². The molecule has 0 aliphatic rings. The quantitative estimate of drug-likeness (QED) is 0.205. The van der Waals surface area contributed by atoms with Crippen molar-refractivity contribution < 1.29 is 0 Å². The fraction of sp³-hybridized carbons (Fsp3) is 0.0488. The molecule has 1 nitrogen and oxygen atoms in total. The van der Waals surface area contributed by atoms with Gasteiger partial charge in [-0.2, -0.15) is 0 Å². The van der Waals surface area contributed by atoms with E-state index in [0.29, 0.717) is 0 Å². The molecule has 42 heavy (non-hydrogen) atoms. The highest BCUT2D eigenvalue weighted by atomic mass is 14.7. The summed E-state index contributed by atoms with van der Waals surface area (Å²) in [5, 5.41) is 8.60. The first-order chi connectivity index (χ1) is 20.7. The number of aryl methyl sites for hydroxylation is 2. The molecule has 0 fully saturated rings. The summed E-state index contributed by atoms with van der Waals surface area (Å²) in [6, 6.07) is 50.6. The van der Waals surface area contributed by atoms with Crippen LogP contribution in [0.2, 0.25) is 0 Å². The van der Waals surface area contributed by atoms with Crippen molar-refractivity contribution in [3.63, 3.8) is 0 Å². The lowest BCUT2D eigenvalue weighted by Gasteiger charge is -2.21. The van der Waals surface area contributed by atoms with Crippen molar-refractivity contribution in [1.29, 1.82) is 0 Å². The smallest absolute Gasteiger partial charge is 0.0722 e. The second kappa shape index (κ2) is 9.68. The molecule has 0 amide bonds. The lowest BCUT2D eigenvalue weighted by atomic mass is 9.82. The summed E-state index contributed by atoms with van der Waals surface area (Å²) in [7, 11) is 0. The molecule has 0 N–H and O–H groups in total. The summed E-state index contributed by atoms with van der Waals surface area (Å²) in [5.74, 6) is 0. The molecule has 1 aromatic heterocycles. The number of rotatable bonds is 3. The van der Waals surface area contributed by atoms with Gasteiger partial charge in [-0.1, -0.05) is 115 Å². The summed E-state index contributed by atoms with van der Waals surface area (Å²) in [5.41, 5.74) is 10.8. The first-order valence-corrected chi connectivity index (χ1v) is 14.6. The zero-order valence-corrected chi connectivity index (χ0v) is 23.7. The minimum Gasteiger partial charge on any atom is -0.248 e. The second-order valence-corrected chi connectivity index (χ2v) is 11.3. The lowest BCUT2D eigenvalue weighted by molar-refractivity contribution is 1.36. The van der Waals surface area contributed by atoms with E-state index in [2.05, 4.69) is 153 Å². The lowest BCUT2D eigenvalue weighted by Crippen LogP contribution is -1.96. The van der Waals surface area contributed by atoms with Gasteiger partial charge in [0, 0.05) is 10.9 Å². The summed E-state index contributed by atoms with van der Waals surface area (Å²) in [6.45, 7) is 4.44. The van der Waals surface area contributed by atoms with Gasteiger partial charge in [0.05, 0.1) is 11.2 Å². The molecular weight excluding hydrogens is 506 g/mol. The van der Waals surface area contributed by atoms with Crippen molar-refractivity contribution in [3.8, 4) is 33.5 Å². The second-order valence-electron chi connectivity index (χ2n) is 11.3. The van der Waals surface area contributed by atoms with Gasteiger partial charge in [0.25, 0.3) is 0 Å². The predicted octanol–water partition coefficient (Wildman–Crippen LogP) is 11.3. The van der Waals surface area contributed by atoms with E-state index in [1.54, 1.807) is 0 Å². The molecule has 8 aromatic rings. The first kappa shape index (κ1) is 24.5. The Morgan fingerprint density at radius 2 is 0.952 bits per heavy atom. The van der Waals surface area contributed by atoms with Gasteiger partial charge in [-0.3, -0.25) is 0 Å². The van der Waals surface area contributed by atoms with E-state index in [4.69, 9.17) is 4.98 Å². The summed E-state index contributed by atoms with van der Waals surface area (Å²) < 4.78 is 0. The molecule has 0 aliphatic carbocycles. The van der Waals surface area contributed by atoms with Crippen LogP contribution in [0.5, 0.6) is 0 Å². The van der Waals surface area contributed by atoms with E-state index in [0.717, 1.165) is 16.6 Å². The third-order valence-electron chi connectivity index (χ3n) is 8.73. The monoisotopic (exact) mass is 535 g/mol. The highest BCUT2D eigenvalue weighted by molar-refractivity contribution is 6.23. The van der Waals surface area contributed by atoms with Gasteiger partial charge in [-0.25, -0.2) is 4.98 Å². The molecule has 1 heteroatoms. The van der Waals surface area contributed by atoms with Gasteiger partial charge in [0.15, 0.2) is 0 Å². The standard InChI is InChI=1S/C41H29N/c1-26-22-35-36(23-27(26)2)41(39-21-20-29-14-8-11-19-38(29)42-39)33-18-10-9-17-32(33)40(35)37-25-31-16-7-6-15-30(31)24-34(37)28-12-4-3-5-13-28/h3-25H,1-2H3. The van der Waals surface area contributed by atoms with Crippen LogP contribution in [-0.2, 0) is 0 Å². The Kier molecular flexibility index (Phi) is 5.65. The molecule has 0 atom stereocenters. The summed E-state index contributed by atoms with van der Waals surface area (Å²) in [6.07, 6.45) is 0. The fourth-order valence-electron chi connectivity index (χ4n) is 6.51. The zero-order valence-electron chi connectivity index (χ0n) is 23.7. The number of para-hydroxylation sites is 1. The van der Waals surface area contributed by atoms with Gasteiger partial charge in [-0.15, -0.1) is 0 Å². The van der Waals surface area contributed by atoms with Gasteiger partial charge < -0.3 is 0 Å². The van der Waals surface area contributed by atoms with Gasteiger partial charge in [-0.05, 0) is 104 Å². The largest absolute Gasteiger partial charge is 0.248 e. The third kappa shape index (κ3) is 3.89. The van der Waals surface area contributed by atoms with E-state index in [1.165, 1.54) is 71.3 Å². The summed E-state index contributed by atoms with van der Waals surface area (Å²) in [4.78, 5) is 5.21. The average molecular weight is 536 g/mol. The zero-order chi connectivity index (χ0) is 28.2. The maximum Gasteiger partial charge on any atom is 0.0722 e. The van der Waals surface area contributed by atoms with Crippen LogP contribution in [0.3, 0.4) is 0 Å². The van der Waals surface area contributed by atoms with Crippen molar-refractivity contribution >= 4 is 43.2 Å². The number of hydrogen-bond donors (Lipinski definition) is 0.